The summed E-state index contributed by atoms with van der Waals surface area (Å²) in [7, 11) is 0. The summed E-state index contributed by atoms with van der Waals surface area (Å²) in [6.07, 6.45) is 1.75. The Morgan fingerprint density at radius 1 is 1.26 bits per heavy atom. The zero-order chi connectivity index (χ0) is 13.8. The van der Waals surface area contributed by atoms with Crippen LogP contribution >= 0.6 is 31.9 Å². The van der Waals surface area contributed by atoms with Crippen LogP contribution in [0.4, 0.5) is 11.4 Å². The number of halogens is 2. The highest BCUT2D eigenvalue weighted by molar-refractivity contribution is 9.11. The van der Waals surface area contributed by atoms with E-state index in [0.717, 1.165) is 14.6 Å². The third-order valence-corrected chi connectivity index (χ3v) is 3.58. The first-order valence-corrected chi connectivity index (χ1v) is 7.08. The second-order valence-corrected chi connectivity index (χ2v) is 5.70. The molecule has 4 nitrogen and oxygen atoms in total. The molecular formula is C13H11Br2N3O. The van der Waals surface area contributed by atoms with E-state index in [-0.39, 0.29) is 12.3 Å². The third kappa shape index (κ3) is 4.04. The Bertz CT molecular complexity index is 599. The predicted octanol–water partition coefficient (Wildman–Crippen LogP) is 3.37. The maximum Gasteiger partial charge on any atom is 0.230 e. The van der Waals surface area contributed by atoms with Crippen molar-refractivity contribution in [2.75, 3.05) is 11.1 Å². The van der Waals surface area contributed by atoms with Gasteiger partial charge in [0.2, 0.25) is 5.91 Å². The van der Waals surface area contributed by atoms with Crippen LogP contribution in [0.1, 0.15) is 5.69 Å². The van der Waals surface area contributed by atoms with Gasteiger partial charge in [0.1, 0.15) is 0 Å². The van der Waals surface area contributed by atoms with Crippen molar-refractivity contribution >= 4 is 49.1 Å². The van der Waals surface area contributed by atoms with Crippen LogP contribution in [0, 0.1) is 0 Å². The molecule has 6 heteroatoms. The summed E-state index contributed by atoms with van der Waals surface area (Å²) in [5.41, 5.74) is 7.52. The van der Waals surface area contributed by atoms with Crippen LogP contribution in [-0.4, -0.2) is 10.9 Å². The molecule has 1 heterocycles. The van der Waals surface area contributed by atoms with E-state index in [1.165, 1.54) is 6.20 Å². The molecule has 3 N–H and O–H groups in total. The molecule has 0 bridgehead atoms. The second kappa shape index (κ2) is 6.16. The van der Waals surface area contributed by atoms with E-state index in [1.54, 1.807) is 12.1 Å². The molecule has 0 fully saturated rings. The quantitative estimate of drug-likeness (QED) is 0.852. The highest BCUT2D eigenvalue weighted by Crippen LogP contribution is 2.26. The summed E-state index contributed by atoms with van der Waals surface area (Å²) in [6, 6.07) is 9.05. The maximum absolute atomic E-state index is 11.9. The summed E-state index contributed by atoms with van der Waals surface area (Å²) >= 11 is 6.75. The van der Waals surface area contributed by atoms with Crippen LogP contribution in [-0.2, 0) is 11.2 Å². The fourth-order valence-corrected chi connectivity index (χ4v) is 2.20. The number of aromatic nitrogens is 1. The molecule has 0 spiro atoms. The molecule has 1 aromatic heterocycles. The number of benzene rings is 1. The fourth-order valence-electron chi connectivity index (χ4n) is 1.49. The number of hydrogen-bond donors (Lipinski definition) is 2. The smallest absolute Gasteiger partial charge is 0.230 e. The molecule has 0 unspecified atom stereocenters. The molecule has 0 radical (unpaired) electrons. The van der Waals surface area contributed by atoms with E-state index in [4.69, 9.17) is 5.73 Å². The van der Waals surface area contributed by atoms with Gasteiger partial charge in [-0.2, -0.15) is 0 Å². The van der Waals surface area contributed by atoms with Crippen LogP contribution in [0.25, 0.3) is 0 Å². The summed E-state index contributed by atoms with van der Waals surface area (Å²) in [4.78, 5) is 16.0. The molecular weight excluding hydrogens is 374 g/mol. The number of hydrogen-bond acceptors (Lipinski definition) is 3. The minimum Gasteiger partial charge on any atom is -0.397 e. The van der Waals surface area contributed by atoms with Gasteiger partial charge in [0.15, 0.2) is 0 Å². The van der Waals surface area contributed by atoms with Gasteiger partial charge in [-0.1, -0.05) is 15.9 Å². The molecule has 1 aromatic carbocycles. The summed E-state index contributed by atoms with van der Waals surface area (Å²) in [5.74, 6) is -0.129. The molecule has 2 rings (SSSR count). The number of nitrogens with zero attached hydrogens (tertiary/aromatic N) is 1. The van der Waals surface area contributed by atoms with Gasteiger partial charge < -0.3 is 11.1 Å². The van der Waals surface area contributed by atoms with Gasteiger partial charge >= 0.3 is 0 Å². The van der Waals surface area contributed by atoms with Crippen molar-refractivity contribution in [2.24, 2.45) is 0 Å². The predicted molar refractivity (Wildman–Crippen MR) is 82.8 cm³/mol. The standard InChI is InChI=1S/C13H11Br2N3O/c14-8-1-4-11(15)12(5-8)18-13(19)6-10-3-2-9(16)7-17-10/h1-5,7H,6,16H2,(H,18,19). The number of anilines is 2. The molecule has 0 aliphatic rings. The number of nitrogen functional groups attached to an aromatic ring is 1. The number of nitrogens with one attached hydrogen (secondary N) is 1. The topological polar surface area (TPSA) is 68.0 Å². The first-order valence-electron chi connectivity index (χ1n) is 5.50. The van der Waals surface area contributed by atoms with Crippen LogP contribution in [0.15, 0.2) is 45.5 Å². The van der Waals surface area contributed by atoms with E-state index in [2.05, 4.69) is 42.2 Å². The third-order valence-electron chi connectivity index (χ3n) is 2.39. The van der Waals surface area contributed by atoms with Gasteiger partial charge in [-0.15, -0.1) is 0 Å². The first kappa shape index (κ1) is 14.0. The van der Waals surface area contributed by atoms with Gasteiger partial charge in [0.05, 0.1) is 24.0 Å². The molecule has 98 valence electrons. The molecule has 0 aliphatic carbocycles. The van der Waals surface area contributed by atoms with Crippen molar-refractivity contribution in [1.29, 1.82) is 0 Å². The lowest BCUT2D eigenvalue weighted by Gasteiger charge is -2.07. The van der Waals surface area contributed by atoms with Gasteiger partial charge in [0, 0.05) is 14.6 Å². The molecule has 0 saturated heterocycles. The molecule has 2 aromatic rings. The minimum atomic E-state index is -0.129. The van der Waals surface area contributed by atoms with E-state index in [0.29, 0.717) is 11.4 Å². The Morgan fingerprint density at radius 2 is 2.05 bits per heavy atom. The minimum absolute atomic E-state index is 0.129. The summed E-state index contributed by atoms with van der Waals surface area (Å²) in [5, 5.41) is 2.83. The molecule has 19 heavy (non-hydrogen) atoms. The lowest BCUT2D eigenvalue weighted by atomic mass is 10.2. The average Bonchev–Trinajstić information content (AvgIpc) is 2.37. The zero-order valence-corrected chi connectivity index (χ0v) is 13.0. The van der Waals surface area contributed by atoms with E-state index in [9.17, 15) is 4.79 Å². The molecule has 1 amide bonds. The Hall–Kier alpha value is -1.40. The average molecular weight is 385 g/mol. The van der Waals surface area contributed by atoms with Crippen LogP contribution < -0.4 is 11.1 Å². The Labute approximate surface area is 127 Å². The van der Waals surface area contributed by atoms with Gasteiger partial charge in [0.25, 0.3) is 0 Å². The highest BCUT2D eigenvalue weighted by atomic mass is 79.9. The SMILES string of the molecule is Nc1ccc(CC(=O)Nc2cc(Br)ccc2Br)nc1. The Kier molecular flexibility index (Phi) is 4.55. The van der Waals surface area contributed by atoms with E-state index < -0.39 is 0 Å². The normalized spacial score (nSPS) is 10.2. The zero-order valence-electron chi connectivity index (χ0n) is 9.86. The van der Waals surface area contributed by atoms with Crippen LogP contribution in [0.2, 0.25) is 0 Å². The fraction of sp³-hybridized carbons (Fsp3) is 0.0769. The lowest BCUT2D eigenvalue weighted by molar-refractivity contribution is -0.115. The van der Waals surface area contributed by atoms with Gasteiger partial charge in [-0.3, -0.25) is 9.78 Å². The molecule has 0 aliphatic heterocycles. The van der Waals surface area contributed by atoms with E-state index >= 15 is 0 Å². The van der Waals surface area contributed by atoms with Crippen molar-refractivity contribution in [1.82, 2.24) is 4.98 Å². The van der Waals surface area contributed by atoms with Crippen LogP contribution in [0.3, 0.4) is 0 Å². The monoisotopic (exact) mass is 383 g/mol. The number of amides is 1. The Morgan fingerprint density at radius 3 is 2.74 bits per heavy atom. The highest BCUT2D eigenvalue weighted by Gasteiger charge is 2.08. The van der Waals surface area contributed by atoms with E-state index in [1.807, 2.05) is 18.2 Å². The van der Waals surface area contributed by atoms with Gasteiger partial charge in [-0.05, 0) is 46.3 Å². The van der Waals surface area contributed by atoms with Crippen molar-refractivity contribution in [3.63, 3.8) is 0 Å². The maximum atomic E-state index is 11.9. The number of pyridine rings is 1. The summed E-state index contributed by atoms with van der Waals surface area (Å²) < 4.78 is 1.73. The number of carbonyl (C=O) groups excluding carboxylic acids is 1. The van der Waals surface area contributed by atoms with Crippen molar-refractivity contribution in [3.8, 4) is 0 Å². The van der Waals surface area contributed by atoms with Gasteiger partial charge in [-0.25, -0.2) is 0 Å². The second-order valence-electron chi connectivity index (χ2n) is 3.93. The first-order chi connectivity index (χ1) is 9.04. The molecule has 0 atom stereocenters. The van der Waals surface area contributed by atoms with Crippen LogP contribution in [0.5, 0.6) is 0 Å². The lowest BCUT2D eigenvalue weighted by Crippen LogP contribution is -2.15. The van der Waals surface area contributed by atoms with Crippen molar-refractivity contribution in [2.45, 2.75) is 6.42 Å². The number of carbonyl (C=O) groups is 1. The largest absolute Gasteiger partial charge is 0.397 e. The summed E-state index contributed by atoms with van der Waals surface area (Å²) in [6.45, 7) is 0. The Balaban J connectivity index is 2.05. The molecule has 0 saturated carbocycles. The van der Waals surface area contributed by atoms with Crippen molar-refractivity contribution in [3.05, 3.63) is 51.2 Å². The van der Waals surface area contributed by atoms with Crippen molar-refractivity contribution < 1.29 is 4.79 Å². The number of nitrogens with two attached hydrogens (primary N) is 1. The number of rotatable bonds is 3.